The number of nitrogens with zero attached hydrogens (tertiary/aromatic N) is 2. The summed E-state index contributed by atoms with van der Waals surface area (Å²) in [7, 11) is 0. The molecule has 0 atom stereocenters. The van der Waals surface area contributed by atoms with Crippen LogP contribution in [0.3, 0.4) is 0 Å². The molecule has 134 valence electrons. The third kappa shape index (κ3) is 3.74. The van der Waals surface area contributed by atoms with Gasteiger partial charge in [-0.3, -0.25) is 25.0 Å². The summed E-state index contributed by atoms with van der Waals surface area (Å²) in [5, 5.41) is 27.4. The maximum atomic E-state index is 13.3. The lowest BCUT2D eigenvalue weighted by atomic mass is 10.1. The highest BCUT2D eigenvalue weighted by molar-refractivity contribution is 6.05. The Morgan fingerprint density at radius 2 is 1.73 bits per heavy atom. The van der Waals surface area contributed by atoms with Crippen molar-refractivity contribution >= 4 is 28.7 Å². The van der Waals surface area contributed by atoms with Crippen molar-refractivity contribution < 1.29 is 19.0 Å². The molecule has 0 spiro atoms. The Balaban J connectivity index is 1.83. The van der Waals surface area contributed by atoms with Gasteiger partial charge in [0.1, 0.15) is 5.69 Å². The van der Waals surface area contributed by atoms with E-state index < -0.39 is 27.3 Å². The fourth-order valence-electron chi connectivity index (χ4n) is 2.33. The van der Waals surface area contributed by atoms with Crippen LogP contribution < -0.4 is 10.6 Å². The number of nitro benzene ring substituents is 2. The molecule has 26 heavy (non-hydrogen) atoms. The lowest BCUT2D eigenvalue weighted by Crippen LogP contribution is -2.13. The van der Waals surface area contributed by atoms with Crippen molar-refractivity contribution in [1.82, 2.24) is 0 Å². The summed E-state index contributed by atoms with van der Waals surface area (Å²) in [5.74, 6) is -1.73. The van der Waals surface area contributed by atoms with Crippen LogP contribution in [0.1, 0.15) is 23.2 Å². The SMILES string of the molecule is O=C(Nc1ccc(F)c([N+](=O)[O-])c1)c1ccc(NC2CC2)c([N+](=O)[O-])c1. The molecule has 2 aromatic rings. The molecule has 10 heteroatoms. The number of hydrogen-bond donors (Lipinski definition) is 2. The van der Waals surface area contributed by atoms with E-state index in [1.807, 2.05) is 0 Å². The Labute approximate surface area is 146 Å². The quantitative estimate of drug-likeness (QED) is 0.600. The summed E-state index contributed by atoms with van der Waals surface area (Å²) in [6.07, 6.45) is 1.87. The molecule has 3 rings (SSSR count). The molecule has 0 bridgehead atoms. The number of amides is 1. The van der Waals surface area contributed by atoms with Gasteiger partial charge in [-0.25, -0.2) is 0 Å². The zero-order valence-corrected chi connectivity index (χ0v) is 13.3. The lowest BCUT2D eigenvalue weighted by molar-refractivity contribution is -0.387. The smallest absolute Gasteiger partial charge is 0.306 e. The minimum absolute atomic E-state index is 0.00465. The molecule has 2 N–H and O–H groups in total. The van der Waals surface area contributed by atoms with Crippen LogP contribution in [0, 0.1) is 26.0 Å². The first-order valence-electron chi connectivity index (χ1n) is 7.65. The van der Waals surface area contributed by atoms with Gasteiger partial charge in [-0.15, -0.1) is 0 Å². The molecule has 0 radical (unpaired) electrons. The number of anilines is 2. The molecule has 1 amide bonds. The van der Waals surface area contributed by atoms with Crippen LogP contribution >= 0.6 is 0 Å². The predicted molar refractivity (Wildman–Crippen MR) is 90.7 cm³/mol. The van der Waals surface area contributed by atoms with Crippen LogP contribution in [0.15, 0.2) is 36.4 Å². The van der Waals surface area contributed by atoms with Gasteiger partial charge in [0.15, 0.2) is 0 Å². The standard InChI is InChI=1S/C16H13FN4O5/c17-12-5-4-11(8-14(12)20(23)24)19-16(22)9-1-6-13(18-10-2-3-10)15(7-9)21(25)26/h1,4-8,10,18H,2-3H2,(H,19,22). The van der Waals surface area contributed by atoms with Gasteiger partial charge in [0.2, 0.25) is 5.82 Å². The first-order chi connectivity index (χ1) is 12.3. The van der Waals surface area contributed by atoms with Crippen LogP contribution in [0.4, 0.5) is 27.1 Å². The molecule has 0 heterocycles. The second-order valence-corrected chi connectivity index (χ2v) is 5.79. The molecule has 0 aromatic heterocycles. The van der Waals surface area contributed by atoms with Gasteiger partial charge in [-0.05, 0) is 37.1 Å². The number of benzene rings is 2. The summed E-state index contributed by atoms with van der Waals surface area (Å²) in [4.78, 5) is 32.8. The van der Waals surface area contributed by atoms with Crippen molar-refractivity contribution in [3.05, 3.63) is 68.0 Å². The molecule has 2 aromatic carbocycles. The molecular weight excluding hydrogens is 347 g/mol. The van der Waals surface area contributed by atoms with Crippen molar-refractivity contribution in [1.29, 1.82) is 0 Å². The fraction of sp³-hybridized carbons (Fsp3) is 0.188. The number of nitro groups is 2. The molecular formula is C16H13FN4O5. The number of hydrogen-bond acceptors (Lipinski definition) is 6. The highest BCUT2D eigenvalue weighted by atomic mass is 19.1. The average Bonchev–Trinajstić information content (AvgIpc) is 3.40. The average molecular weight is 360 g/mol. The Morgan fingerprint density at radius 3 is 2.35 bits per heavy atom. The van der Waals surface area contributed by atoms with E-state index in [9.17, 15) is 29.4 Å². The Hall–Kier alpha value is -3.56. The van der Waals surface area contributed by atoms with Crippen LogP contribution in [-0.4, -0.2) is 21.8 Å². The van der Waals surface area contributed by atoms with Gasteiger partial charge in [0.05, 0.1) is 9.85 Å². The molecule has 9 nitrogen and oxygen atoms in total. The van der Waals surface area contributed by atoms with Crippen molar-refractivity contribution in [2.75, 3.05) is 10.6 Å². The van der Waals surface area contributed by atoms with Crippen molar-refractivity contribution in [3.8, 4) is 0 Å². The molecule has 0 saturated heterocycles. The van der Waals surface area contributed by atoms with Crippen molar-refractivity contribution in [3.63, 3.8) is 0 Å². The second kappa shape index (κ2) is 6.75. The first-order valence-corrected chi connectivity index (χ1v) is 7.65. The summed E-state index contributed by atoms with van der Waals surface area (Å²) in [6.45, 7) is 0. The first kappa shape index (κ1) is 17.3. The number of rotatable bonds is 6. The third-order valence-corrected chi connectivity index (χ3v) is 3.79. The Morgan fingerprint density at radius 1 is 1.04 bits per heavy atom. The van der Waals surface area contributed by atoms with E-state index in [1.54, 1.807) is 0 Å². The molecule has 0 aliphatic heterocycles. The summed E-state index contributed by atoms with van der Waals surface area (Å²) in [6, 6.07) is 7.08. The zero-order valence-electron chi connectivity index (χ0n) is 13.3. The number of carbonyl (C=O) groups excluding carboxylic acids is 1. The highest BCUT2D eigenvalue weighted by Gasteiger charge is 2.25. The Kier molecular flexibility index (Phi) is 4.48. The van der Waals surface area contributed by atoms with Gasteiger partial charge in [-0.1, -0.05) is 0 Å². The monoisotopic (exact) mass is 360 g/mol. The molecule has 1 saturated carbocycles. The second-order valence-electron chi connectivity index (χ2n) is 5.79. The maximum absolute atomic E-state index is 13.3. The van der Waals surface area contributed by atoms with Gasteiger partial charge >= 0.3 is 5.69 Å². The number of nitrogens with one attached hydrogen (secondary N) is 2. The summed E-state index contributed by atoms with van der Waals surface area (Å²) < 4.78 is 13.3. The molecule has 1 aliphatic rings. The minimum atomic E-state index is -1.03. The van der Waals surface area contributed by atoms with E-state index in [-0.39, 0.29) is 23.0 Å². The zero-order chi connectivity index (χ0) is 18.8. The van der Waals surface area contributed by atoms with Crippen molar-refractivity contribution in [2.24, 2.45) is 0 Å². The number of halogens is 1. The van der Waals surface area contributed by atoms with E-state index in [4.69, 9.17) is 0 Å². The molecule has 1 fully saturated rings. The van der Waals surface area contributed by atoms with Crippen LogP contribution in [0.5, 0.6) is 0 Å². The summed E-state index contributed by atoms with van der Waals surface area (Å²) in [5.41, 5.74) is -0.685. The van der Waals surface area contributed by atoms with Gasteiger partial charge in [0.25, 0.3) is 11.6 Å². The van der Waals surface area contributed by atoms with E-state index in [2.05, 4.69) is 10.6 Å². The van der Waals surface area contributed by atoms with Crippen molar-refractivity contribution in [2.45, 2.75) is 18.9 Å². The molecule has 1 aliphatic carbocycles. The van der Waals surface area contributed by atoms with Gasteiger partial charge in [-0.2, -0.15) is 4.39 Å². The normalized spacial score (nSPS) is 13.1. The fourth-order valence-corrected chi connectivity index (χ4v) is 2.33. The van der Waals surface area contributed by atoms with E-state index >= 15 is 0 Å². The highest BCUT2D eigenvalue weighted by Crippen LogP contribution is 2.32. The maximum Gasteiger partial charge on any atom is 0.306 e. The molecule has 0 unspecified atom stereocenters. The lowest BCUT2D eigenvalue weighted by Gasteiger charge is -2.09. The van der Waals surface area contributed by atoms with Gasteiger partial charge in [0, 0.05) is 29.4 Å². The van der Waals surface area contributed by atoms with E-state index in [1.165, 1.54) is 12.1 Å². The Bertz CT molecular complexity index is 914. The van der Waals surface area contributed by atoms with E-state index in [0.717, 1.165) is 37.1 Å². The third-order valence-electron chi connectivity index (χ3n) is 3.79. The minimum Gasteiger partial charge on any atom is -0.377 e. The van der Waals surface area contributed by atoms with E-state index in [0.29, 0.717) is 5.69 Å². The largest absolute Gasteiger partial charge is 0.377 e. The topological polar surface area (TPSA) is 127 Å². The van der Waals surface area contributed by atoms with Crippen LogP contribution in [0.25, 0.3) is 0 Å². The van der Waals surface area contributed by atoms with Crippen LogP contribution in [0.2, 0.25) is 0 Å². The van der Waals surface area contributed by atoms with Gasteiger partial charge < -0.3 is 10.6 Å². The number of carbonyl (C=O) groups is 1. The summed E-state index contributed by atoms with van der Waals surface area (Å²) >= 11 is 0. The van der Waals surface area contributed by atoms with Crippen LogP contribution in [-0.2, 0) is 0 Å². The predicted octanol–water partition coefficient (Wildman–Crippen LogP) is 3.47.